The van der Waals surface area contributed by atoms with E-state index in [2.05, 4.69) is 123 Å². The second-order valence-electron chi connectivity index (χ2n) is 8.25. The van der Waals surface area contributed by atoms with E-state index < -0.39 is 0 Å². The van der Waals surface area contributed by atoms with E-state index in [-0.39, 0.29) is 0 Å². The minimum atomic E-state index is 0.525. The van der Waals surface area contributed by atoms with Gasteiger partial charge in [0.25, 0.3) is 0 Å². The third kappa shape index (κ3) is 6.93. The fourth-order valence-corrected chi connectivity index (χ4v) is 4.11. The van der Waals surface area contributed by atoms with Crippen molar-refractivity contribution in [1.29, 1.82) is 0 Å². The largest absolute Gasteiger partial charge is 0.309 e. The van der Waals surface area contributed by atoms with Gasteiger partial charge in [-0.1, -0.05) is 116 Å². The second-order valence-corrected chi connectivity index (χ2v) is 8.25. The molecule has 0 aromatic heterocycles. The summed E-state index contributed by atoms with van der Waals surface area (Å²) in [5, 5.41) is 3.42. The lowest BCUT2D eigenvalue weighted by Crippen LogP contribution is -2.12. The molecule has 4 rings (SSSR count). The van der Waals surface area contributed by atoms with Gasteiger partial charge in [-0.15, -0.1) is 0 Å². The highest BCUT2D eigenvalue weighted by molar-refractivity contribution is 5.40. The lowest BCUT2D eigenvalue weighted by Gasteiger charge is -2.20. The summed E-state index contributed by atoms with van der Waals surface area (Å²) in [6.07, 6.45) is 1.15. The van der Waals surface area contributed by atoms with Gasteiger partial charge in [0, 0.05) is 19.0 Å². The molecular formula is C31H35N. The van der Waals surface area contributed by atoms with Crippen LogP contribution < -0.4 is 5.32 Å². The van der Waals surface area contributed by atoms with Crippen molar-refractivity contribution in [2.75, 3.05) is 0 Å². The van der Waals surface area contributed by atoms with Crippen LogP contribution in [0.5, 0.6) is 0 Å². The first-order chi connectivity index (χ1) is 15.7. The van der Waals surface area contributed by atoms with Gasteiger partial charge in [0.05, 0.1) is 0 Å². The van der Waals surface area contributed by atoms with Gasteiger partial charge in [-0.2, -0.15) is 0 Å². The summed E-state index contributed by atoms with van der Waals surface area (Å²) in [4.78, 5) is 0. The van der Waals surface area contributed by atoms with Crippen LogP contribution in [0.2, 0.25) is 0 Å². The monoisotopic (exact) mass is 421 g/mol. The molecule has 1 N–H and O–H groups in total. The van der Waals surface area contributed by atoms with E-state index in [9.17, 15) is 0 Å². The number of hydrogen-bond acceptors (Lipinski definition) is 1. The number of rotatable bonds is 7. The highest BCUT2D eigenvalue weighted by Gasteiger charge is 2.15. The van der Waals surface area contributed by atoms with Gasteiger partial charge in [0.15, 0.2) is 0 Å². The van der Waals surface area contributed by atoms with Crippen molar-refractivity contribution >= 4 is 0 Å². The molecule has 0 aliphatic rings. The summed E-state index contributed by atoms with van der Waals surface area (Å²) in [6, 6.07) is 38.4. The zero-order chi connectivity index (χ0) is 22.6. The van der Waals surface area contributed by atoms with Gasteiger partial charge in [0.2, 0.25) is 0 Å². The first-order valence-corrected chi connectivity index (χ1v) is 11.6. The lowest BCUT2D eigenvalue weighted by molar-refractivity contribution is 0.693. The van der Waals surface area contributed by atoms with Crippen LogP contribution in [0.4, 0.5) is 0 Å². The summed E-state index contributed by atoms with van der Waals surface area (Å²) in [7, 11) is 0. The molecule has 0 fully saturated rings. The van der Waals surface area contributed by atoms with E-state index in [1.165, 1.54) is 33.4 Å². The molecule has 0 saturated carbocycles. The standard InChI is InChI=1S/C17H20.C14H15N/c1-4-15(16-11-7-5-9-13(16)2)17-12-8-6-10-14(17)3;1-3-7-13(8-4-1)11-15-12-14-9-5-2-6-10-14/h5-12,15H,4H2,1-3H3;1-10,15H,11-12H2. The average molecular weight is 422 g/mol. The van der Waals surface area contributed by atoms with Crippen molar-refractivity contribution in [3.8, 4) is 0 Å². The molecular weight excluding hydrogens is 386 g/mol. The number of nitrogens with one attached hydrogen (secondary N) is 1. The molecule has 0 aliphatic heterocycles. The molecule has 0 amide bonds. The number of hydrogen-bond donors (Lipinski definition) is 1. The molecule has 1 nitrogen and oxygen atoms in total. The van der Waals surface area contributed by atoms with Crippen LogP contribution in [0.25, 0.3) is 0 Å². The van der Waals surface area contributed by atoms with Crippen LogP contribution in [0.3, 0.4) is 0 Å². The predicted octanol–water partition coefficient (Wildman–Crippen LogP) is 7.82. The Kier molecular flexibility index (Phi) is 9.28. The molecule has 4 aromatic carbocycles. The Morgan fingerprint density at radius 1 is 0.531 bits per heavy atom. The zero-order valence-corrected chi connectivity index (χ0v) is 19.6. The van der Waals surface area contributed by atoms with Gasteiger partial charge in [0.1, 0.15) is 0 Å². The van der Waals surface area contributed by atoms with Crippen molar-refractivity contribution in [1.82, 2.24) is 5.32 Å². The number of benzene rings is 4. The SMILES string of the molecule is CCC(c1ccccc1C)c1ccccc1C.c1ccc(CNCc2ccccc2)cc1. The Hall–Kier alpha value is -3.16. The topological polar surface area (TPSA) is 12.0 Å². The van der Waals surface area contributed by atoms with Crippen LogP contribution in [-0.2, 0) is 13.1 Å². The smallest absolute Gasteiger partial charge is 0.0208 e. The summed E-state index contributed by atoms with van der Waals surface area (Å²) < 4.78 is 0. The Balaban J connectivity index is 0.000000182. The van der Waals surface area contributed by atoms with Crippen LogP contribution in [0.15, 0.2) is 109 Å². The van der Waals surface area contributed by atoms with Gasteiger partial charge in [-0.25, -0.2) is 0 Å². The maximum atomic E-state index is 3.42. The first-order valence-electron chi connectivity index (χ1n) is 11.6. The summed E-state index contributed by atoms with van der Waals surface area (Å²) in [5.74, 6) is 0.525. The molecule has 0 saturated heterocycles. The Bertz CT molecular complexity index is 969. The normalized spacial score (nSPS) is 10.5. The molecule has 0 radical (unpaired) electrons. The van der Waals surface area contributed by atoms with Crippen molar-refractivity contribution < 1.29 is 0 Å². The molecule has 164 valence electrons. The molecule has 0 bridgehead atoms. The number of aryl methyl sites for hydroxylation is 2. The summed E-state index contributed by atoms with van der Waals surface area (Å²) >= 11 is 0. The fraction of sp³-hybridized carbons (Fsp3) is 0.226. The third-order valence-electron chi connectivity index (χ3n) is 5.88. The predicted molar refractivity (Wildman–Crippen MR) is 138 cm³/mol. The van der Waals surface area contributed by atoms with Crippen molar-refractivity contribution in [3.05, 3.63) is 143 Å². The molecule has 0 heterocycles. The van der Waals surface area contributed by atoms with E-state index >= 15 is 0 Å². The molecule has 0 aliphatic carbocycles. The molecule has 4 aromatic rings. The average Bonchev–Trinajstić information content (AvgIpc) is 2.84. The van der Waals surface area contributed by atoms with Gasteiger partial charge in [-0.05, 0) is 53.6 Å². The maximum Gasteiger partial charge on any atom is 0.0208 e. The van der Waals surface area contributed by atoms with E-state index in [0.29, 0.717) is 5.92 Å². The van der Waals surface area contributed by atoms with E-state index in [1.54, 1.807) is 0 Å². The highest BCUT2D eigenvalue weighted by atomic mass is 14.8. The Morgan fingerprint density at radius 2 is 0.906 bits per heavy atom. The van der Waals surface area contributed by atoms with Crippen LogP contribution >= 0.6 is 0 Å². The molecule has 0 atom stereocenters. The Labute approximate surface area is 194 Å². The molecule has 1 heteroatoms. The van der Waals surface area contributed by atoms with Gasteiger partial charge >= 0.3 is 0 Å². The first kappa shape index (κ1) is 23.5. The lowest BCUT2D eigenvalue weighted by atomic mass is 9.84. The highest BCUT2D eigenvalue weighted by Crippen LogP contribution is 2.31. The van der Waals surface area contributed by atoms with Gasteiger partial charge in [-0.3, -0.25) is 0 Å². The zero-order valence-electron chi connectivity index (χ0n) is 19.6. The maximum absolute atomic E-state index is 3.42. The minimum absolute atomic E-state index is 0.525. The quantitative estimate of drug-likeness (QED) is 0.321. The van der Waals surface area contributed by atoms with Gasteiger partial charge < -0.3 is 5.32 Å². The van der Waals surface area contributed by atoms with Crippen molar-refractivity contribution in [3.63, 3.8) is 0 Å². The van der Waals surface area contributed by atoms with Crippen molar-refractivity contribution in [2.45, 2.75) is 46.2 Å². The fourth-order valence-electron chi connectivity index (χ4n) is 4.11. The second kappa shape index (κ2) is 12.6. The van der Waals surface area contributed by atoms with E-state index in [0.717, 1.165) is 19.5 Å². The molecule has 0 spiro atoms. The van der Waals surface area contributed by atoms with Crippen LogP contribution in [-0.4, -0.2) is 0 Å². The van der Waals surface area contributed by atoms with E-state index in [1.807, 2.05) is 12.1 Å². The summed E-state index contributed by atoms with van der Waals surface area (Å²) in [6.45, 7) is 8.53. The van der Waals surface area contributed by atoms with E-state index in [4.69, 9.17) is 0 Å². The van der Waals surface area contributed by atoms with Crippen molar-refractivity contribution in [2.24, 2.45) is 0 Å². The van der Waals surface area contributed by atoms with Crippen LogP contribution in [0, 0.1) is 13.8 Å². The molecule has 0 unspecified atom stereocenters. The summed E-state index contributed by atoms with van der Waals surface area (Å²) in [5.41, 5.74) is 8.36. The Morgan fingerprint density at radius 3 is 1.28 bits per heavy atom. The van der Waals surface area contributed by atoms with Crippen LogP contribution in [0.1, 0.15) is 52.6 Å². The third-order valence-corrected chi connectivity index (χ3v) is 5.88. The minimum Gasteiger partial charge on any atom is -0.309 e. The molecule has 32 heavy (non-hydrogen) atoms.